The maximum atomic E-state index is 13.8. The van der Waals surface area contributed by atoms with Gasteiger partial charge in [-0.25, -0.2) is 12.8 Å². The minimum absolute atomic E-state index is 0.102. The number of aliphatic carboxylic acids is 1. The highest BCUT2D eigenvalue weighted by Gasteiger charge is 2.37. The maximum Gasteiger partial charge on any atom is 0.304 e. The number of halogens is 2. The molecule has 5 nitrogen and oxygen atoms in total. The molecule has 110 valence electrons. The minimum Gasteiger partial charge on any atom is -0.481 e. The highest BCUT2D eigenvalue weighted by Crippen LogP contribution is 2.29. The first-order valence-electron chi connectivity index (χ1n) is 6.01. The molecule has 1 saturated heterocycles. The molecular formula is C12H13ClFNO4S. The van der Waals surface area contributed by atoms with Crippen LogP contribution in [0.2, 0.25) is 5.02 Å². The van der Waals surface area contributed by atoms with Gasteiger partial charge in [-0.2, -0.15) is 4.31 Å². The van der Waals surface area contributed by atoms with Crippen LogP contribution in [0.3, 0.4) is 0 Å². The molecule has 1 fully saturated rings. The number of sulfonamides is 1. The smallest absolute Gasteiger partial charge is 0.304 e. The Morgan fingerprint density at radius 2 is 2.20 bits per heavy atom. The van der Waals surface area contributed by atoms with Gasteiger partial charge in [0, 0.05) is 17.6 Å². The van der Waals surface area contributed by atoms with Gasteiger partial charge in [-0.05, 0) is 31.0 Å². The predicted molar refractivity (Wildman–Crippen MR) is 70.6 cm³/mol. The fourth-order valence-corrected chi connectivity index (χ4v) is 4.24. The lowest BCUT2D eigenvalue weighted by Gasteiger charge is -2.23. The molecule has 2 rings (SSSR count). The molecule has 0 aromatic heterocycles. The predicted octanol–water partition coefficient (Wildman–Crippen LogP) is 2.11. The van der Waals surface area contributed by atoms with Crippen LogP contribution in [0.1, 0.15) is 19.3 Å². The second-order valence-electron chi connectivity index (χ2n) is 4.58. The molecular weight excluding hydrogens is 309 g/mol. The topological polar surface area (TPSA) is 74.7 Å². The van der Waals surface area contributed by atoms with E-state index in [2.05, 4.69) is 0 Å². The zero-order valence-corrected chi connectivity index (χ0v) is 12.0. The van der Waals surface area contributed by atoms with Gasteiger partial charge in [0.05, 0.1) is 6.42 Å². The van der Waals surface area contributed by atoms with Crippen LogP contribution in [-0.2, 0) is 14.8 Å². The molecule has 1 aromatic carbocycles. The number of carboxylic acid groups (broad SMARTS) is 1. The summed E-state index contributed by atoms with van der Waals surface area (Å²) in [5.41, 5.74) is 0. The van der Waals surface area contributed by atoms with Gasteiger partial charge >= 0.3 is 5.97 Å². The van der Waals surface area contributed by atoms with Crippen LogP contribution in [0.15, 0.2) is 23.1 Å². The molecule has 1 unspecified atom stereocenters. The van der Waals surface area contributed by atoms with Crippen LogP contribution >= 0.6 is 11.6 Å². The summed E-state index contributed by atoms with van der Waals surface area (Å²) in [6.07, 6.45) is 0.738. The lowest BCUT2D eigenvalue weighted by molar-refractivity contribution is -0.137. The van der Waals surface area contributed by atoms with Gasteiger partial charge in [0.15, 0.2) is 0 Å². The third-order valence-electron chi connectivity index (χ3n) is 3.21. The van der Waals surface area contributed by atoms with Crippen LogP contribution in [0.5, 0.6) is 0 Å². The van der Waals surface area contributed by atoms with E-state index < -0.39 is 32.7 Å². The van der Waals surface area contributed by atoms with E-state index in [1.165, 1.54) is 6.07 Å². The summed E-state index contributed by atoms with van der Waals surface area (Å²) in [6.45, 7) is 0.197. The van der Waals surface area contributed by atoms with Crippen molar-refractivity contribution in [2.75, 3.05) is 6.54 Å². The Hall–Kier alpha value is -1.18. The first-order chi connectivity index (χ1) is 9.32. The summed E-state index contributed by atoms with van der Waals surface area (Å²) >= 11 is 5.60. The van der Waals surface area contributed by atoms with Crippen LogP contribution in [0, 0.1) is 5.82 Å². The van der Waals surface area contributed by atoms with Gasteiger partial charge in [-0.15, -0.1) is 0 Å². The van der Waals surface area contributed by atoms with Crippen molar-refractivity contribution in [2.45, 2.75) is 30.2 Å². The largest absolute Gasteiger partial charge is 0.481 e. The van der Waals surface area contributed by atoms with Gasteiger partial charge in [0.25, 0.3) is 0 Å². The number of benzene rings is 1. The molecule has 0 spiro atoms. The molecule has 20 heavy (non-hydrogen) atoms. The van der Waals surface area contributed by atoms with Crippen molar-refractivity contribution in [3.05, 3.63) is 29.0 Å². The van der Waals surface area contributed by atoms with Crippen LogP contribution in [0.4, 0.5) is 4.39 Å². The Morgan fingerprint density at radius 1 is 1.50 bits per heavy atom. The quantitative estimate of drug-likeness (QED) is 0.921. The van der Waals surface area contributed by atoms with E-state index in [0.717, 1.165) is 16.4 Å². The second kappa shape index (κ2) is 5.67. The standard InChI is InChI=1S/C12H13ClFNO4S/c13-8-3-4-11(10(14)6-8)20(18,19)15-5-1-2-9(15)7-12(16)17/h3-4,6,9H,1-2,5,7H2,(H,16,17). The van der Waals surface area contributed by atoms with Gasteiger partial charge in [-0.1, -0.05) is 11.6 Å². The summed E-state index contributed by atoms with van der Waals surface area (Å²) in [5.74, 6) is -2.01. The number of carbonyl (C=O) groups is 1. The van der Waals surface area contributed by atoms with E-state index in [9.17, 15) is 17.6 Å². The van der Waals surface area contributed by atoms with Crippen LogP contribution < -0.4 is 0 Å². The Labute approximate surface area is 121 Å². The molecule has 8 heteroatoms. The number of hydrogen-bond acceptors (Lipinski definition) is 3. The number of nitrogens with zero attached hydrogens (tertiary/aromatic N) is 1. The molecule has 1 aromatic rings. The number of carboxylic acids is 1. The molecule has 0 amide bonds. The normalized spacial score (nSPS) is 20.2. The molecule has 1 atom stereocenters. The molecule has 1 aliphatic rings. The van der Waals surface area contributed by atoms with Crippen molar-refractivity contribution in [3.63, 3.8) is 0 Å². The van der Waals surface area contributed by atoms with Crippen molar-refractivity contribution < 1.29 is 22.7 Å². The van der Waals surface area contributed by atoms with Crippen molar-refractivity contribution in [3.8, 4) is 0 Å². The molecule has 1 heterocycles. The number of hydrogen-bond donors (Lipinski definition) is 1. The maximum absolute atomic E-state index is 13.8. The monoisotopic (exact) mass is 321 g/mol. The van der Waals surface area contributed by atoms with E-state index in [0.29, 0.717) is 12.8 Å². The lowest BCUT2D eigenvalue weighted by Crippen LogP contribution is -2.37. The fourth-order valence-electron chi connectivity index (χ4n) is 2.34. The van der Waals surface area contributed by atoms with E-state index in [-0.39, 0.29) is 18.0 Å². The summed E-state index contributed by atoms with van der Waals surface area (Å²) in [5, 5.41) is 8.91. The van der Waals surface area contributed by atoms with E-state index >= 15 is 0 Å². The Kier molecular flexibility index (Phi) is 4.31. The molecule has 0 radical (unpaired) electrons. The number of rotatable bonds is 4. The summed E-state index contributed by atoms with van der Waals surface area (Å²) < 4.78 is 39.7. The minimum atomic E-state index is -4.04. The zero-order chi connectivity index (χ0) is 14.9. The lowest BCUT2D eigenvalue weighted by atomic mass is 10.2. The Bertz CT molecular complexity index is 634. The second-order valence-corrected chi connectivity index (χ2v) is 6.88. The van der Waals surface area contributed by atoms with Crippen LogP contribution in [0.25, 0.3) is 0 Å². The van der Waals surface area contributed by atoms with E-state index in [1.807, 2.05) is 0 Å². The van der Waals surface area contributed by atoms with Crippen molar-refractivity contribution in [1.29, 1.82) is 0 Å². The van der Waals surface area contributed by atoms with Gasteiger partial charge < -0.3 is 5.11 Å². The summed E-state index contributed by atoms with van der Waals surface area (Å²) in [7, 11) is -4.04. The van der Waals surface area contributed by atoms with Crippen molar-refractivity contribution in [1.82, 2.24) is 4.31 Å². The SMILES string of the molecule is O=C(O)CC1CCCN1S(=O)(=O)c1ccc(Cl)cc1F. The Balaban J connectivity index is 2.36. The van der Waals surface area contributed by atoms with E-state index in [4.69, 9.17) is 16.7 Å². The summed E-state index contributed by atoms with van der Waals surface area (Å²) in [4.78, 5) is 10.3. The molecule has 1 N–H and O–H groups in total. The zero-order valence-electron chi connectivity index (χ0n) is 10.4. The van der Waals surface area contributed by atoms with Gasteiger partial charge in [-0.3, -0.25) is 4.79 Å². The van der Waals surface area contributed by atoms with Gasteiger partial charge in [0.1, 0.15) is 10.7 Å². The first-order valence-corrected chi connectivity index (χ1v) is 7.83. The average molecular weight is 322 g/mol. The fraction of sp³-hybridized carbons (Fsp3) is 0.417. The third-order valence-corrected chi connectivity index (χ3v) is 5.43. The van der Waals surface area contributed by atoms with Crippen molar-refractivity contribution >= 4 is 27.6 Å². The molecule has 0 saturated carbocycles. The third kappa shape index (κ3) is 2.94. The first kappa shape index (κ1) is 15.2. The highest BCUT2D eigenvalue weighted by molar-refractivity contribution is 7.89. The molecule has 0 bridgehead atoms. The average Bonchev–Trinajstić information content (AvgIpc) is 2.76. The Morgan fingerprint density at radius 3 is 2.80 bits per heavy atom. The summed E-state index contributed by atoms with van der Waals surface area (Å²) in [6, 6.07) is 2.69. The van der Waals surface area contributed by atoms with Crippen molar-refractivity contribution in [2.24, 2.45) is 0 Å². The van der Waals surface area contributed by atoms with E-state index in [1.54, 1.807) is 0 Å². The van der Waals surface area contributed by atoms with Crippen LogP contribution in [-0.4, -0.2) is 36.4 Å². The van der Waals surface area contributed by atoms with Gasteiger partial charge in [0.2, 0.25) is 10.0 Å². The highest BCUT2D eigenvalue weighted by atomic mass is 35.5. The molecule has 0 aliphatic carbocycles. The molecule has 1 aliphatic heterocycles.